The molecule has 4 nitrogen and oxygen atoms in total. The van der Waals surface area contributed by atoms with Gasteiger partial charge in [0.25, 0.3) is 0 Å². The molecule has 0 radical (unpaired) electrons. The van der Waals surface area contributed by atoms with Crippen LogP contribution < -0.4 is 5.32 Å². The molecule has 0 spiro atoms. The second-order valence-electron chi connectivity index (χ2n) is 5.50. The highest BCUT2D eigenvalue weighted by Crippen LogP contribution is 2.19. The molecule has 1 fully saturated rings. The SMILES string of the molecule is C/C(=C\c1c(C)nnc(C)c1C)N1CCNC(C)C1.CC. The van der Waals surface area contributed by atoms with Gasteiger partial charge in [-0.1, -0.05) is 13.8 Å². The maximum absolute atomic E-state index is 4.23. The van der Waals surface area contributed by atoms with E-state index in [0.717, 1.165) is 31.0 Å². The van der Waals surface area contributed by atoms with Gasteiger partial charge in [0, 0.05) is 36.9 Å². The number of nitrogens with zero attached hydrogens (tertiary/aromatic N) is 3. The molecule has 0 saturated carbocycles. The lowest BCUT2D eigenvalue weighted by atomic mass is 10.1. The fourth-order valence-corrected chi connectivity index (χ4v) is 2.51. The van der Waals surface area contributed by atoms with Crippen LogP contribution in [0.25, 0.3) is 6.08 Å². The standard InChI is InChI=1S/C15H24N4.C2H6/c1-10-9-19(7-6-16-10)11(2)8-15-12(3)13(4)17-18-14(15)5;1-2/h8,10,16H,6-7,9H2,1-5H3;1-2H3/b11-8+;. The van der Waals surface area contributed by atoms with Crippen LogP contribution in [0.4, 0.5) is 0 Å². The van der Waals surface area contributed by atoms with E-state index < -0.39 is 0 Å². The topological polar surface area (TPSA) is 41.1 Å². The second kappa shape index (κ2) is 8.13. The Hall–Kier alpha value is -1.42. The molecule has 2 rings (SSSR count). The van der Waals surface area contributed by atoms with E-state index in [2.05, 4.69) is 47.3 Å². The van der Waals surface area contributed by atoms with Gasteiger partial charge in [-0.05, 0) is 46.3 Å². The zero-order valence-electron chi connectivity index (χ0n) is 14.6. The monoisotopic (exact) mass is 290 g/mol. The third kappa shape index (κ3) is 4.53. The molecule has 1 aliphatic rings. The van der Waals surface area contributed by atoms with Crippen molar-refractivity contribution in [3.63, 3.8) is 0 Å². The number of hydrogen-bond acceptors (Lipinski definition) is 4. The van der Waals surface area contributed by atoms with Gasteiger partial charge in [0.05, 0.1) is 11.4 Å². The Morgan fingerprint density at radius 3 is 2.43 bits per heavy atom. The Labute approximate surface area is 129 Å². The lowest BCUT2D eigenvalue weighted by Gasteiger charge is -2.34. The molecule has 4 heteroatoms. The Morgan fingerprint density at radius 2 is 1.81 bits per heavy atom. The minimum atomic E-state index is 0.552. The average Bonchev–Trinajstić information content (AvgIpc) is 2.49. The fraction of sp³-hybridized carbons (Fsp3) is 0.647. The first kappa shape index (κ1) is 17.6. The molecule has 1 aromatic rings. The predicted molar refractivity (Wildman–Crippen MR) is 90.3 cm³/mol. The van der Waals surface area contributed by atoms with Crippen LogP contribution in [0.15, 0.2) is 5.70 Å². The van der Waals surface area contributed by atoms with Gasteiger partial charge in [0.2, 0.25) is 0 Å². The number of hydrogen-bond donors (Lipinski definition) is 1. The van der Waals surface area contributed by atoms with Crippen LogP contribution in [-0.2, 0) is 0 Å². The zero-order valence-corrected chi connectivity index (χ0v) is 14.6. The average molecular weight is 290 g/mol. The summed E-state index contributed by atoms with van der Waals surface area (Å²) in [5.74, 6) is 0. The maximum atomic E-state index is 4.23. The highest BCUT2D eigenvalue weighted by atomic mass is 15.2. The first-order chi connectivity index (χ1) is 9.99. The summed E-state index contributed by atoms with van der Waals surface area (Å²) in [5.41, 5.74) is 5.78. The lowest BCUT2D eigenvalue weighted by Crippen LogP contribution is -2.48. The third-order valence-corrected chi connectivity index (χ3v) is 3.91. The van der Waals surface area contributed by atoms with Gasteiger partial charge in [-0.25, -0.2) is 0 Å². The molecule has 0 bridgehead atoms. The molecule has 118 valence electrons. The first-order valence-corrected chi connectivity index (χ1v) is 7.96. The van der Waals surface area contributed by atoms with E-state index in [-0.39, 0.29) is 0 Å². The van der Waals surface area contributed by atoms with Crippen LogP contribution in [-0.4, -0.2) is 40.8 Å². The molecule has 1 aromatic heterocycles. The molecule has 1 N–H and O–H groups in total. The summed E-state index contributed by atoms with van der Waals surface area (Å²) in [4.78, 5) is 2.44. The number of nitrogens with one attached hydrogen (secondary N) is 1. The van der Waals surface area contributed by atoms with Crippen LogP contribution in [0.2, 0.25) is 0 Å². The van der Waals surface area contributed by atoms with Crippen LogP contribution in [0.3, 0.4) is 0 Å². The molecule has 21 heavy (non-hydrogen) atoms. The highest BCUT2D eigenvalue weighted by Gasteiger charge is 2.16. The summed E-state index contributed by atoms with van der Waals surface area (Å²) in [6.45, 7) is 17.8. The molecule has 0 aliphatic carbocycles. The van der Waals surface area contributed by atoms with Gasteiger partial charge in [-0.2, -0.15) is 10.2 Å². The van der Waals surface area contributed by atoms with Gasteiger partial charge in [-0.3, -0.25) is 0 Å². The molecule has 1 atom stereocenters. The molecular formula is C17H30N4. The second-order valence-corrected chi connectivity index (χ2v) is 5.50. The molecule has 1 saturated heterocycles. The van der Waals surface area contributed by atoms with E-state index in [9.17, 15) is 0 Å². The molecule has 1 unspecified atom stereocenters. The van der Waals surface area contributed by atoms with Crippen molar-refractivity contribution in [1.29, 1.82) is 0 Å². The largest absolute Gasteiger partial charge is 0.372 e. The molecule has 1 aliphatic heterocycles. The Morgan fingerprint density at radius 1 is 1.19 bits per heavy atom. The van der Waals surface area contributed by atoms with Crippen molar-refractivity contribution in [2.75, 3.05) is 19.6 Å². The quantitative estimate of drug-likeness (QED) is 0.909. The molecule has 0 amide bonds. The number of aromatic nitrogens is 2. The van der Waals surface area contributed by atoms with E-state index in [1.807, 2.05) is 27.7 Å². The number of aryl methyl sites for hydroxylation is 2. The predicted octanol–water partition coefficient (Wildman–Crippen LogP) is 3.08. The zero-order chi connectivity index (χ0) is 16.0. The number of allylic oxidation sites excluding steroid dienone is 1. The summed E-state index contributed by atoms with van der Waals surface area (Å²) < 4.78 is 0. The van der Waals surface area contributed by atoms with Crippen molar-refractivity contribution in [3.05, 3.63) is 28.2 Å². The Bertz CT molecular complexity index is 494. The summed E-state index contributed by atoms with van der Waals surface area (Å²) >= 11 is 0. The first-order valence-electron chi connectivity index (χ1n) is 7.96. The summed E-state index contributed by atoms with van der Waals surface area (Å²) in [5, 5.41) is 11.9. The molecular weight excluding hydrogens is 260 g/mol. The van der Waals surface area contributed by atoms with Crippen LogP contribution >= 0.6 is 0 Å². The van der Waals surface area contributed by atoms with Crippen molar-refractivity contribution < 1.29 is 0 Å². The van der Waals surface area contributed by atoms with Gasteiger partial charge < -0.3 is 10.2 Å². The van der Waals surface area contributed by atoms with Gasteiger partial charge in [0.1, 0.15) is 0 Å². The third-order valence-electron chi connectivity index (χ3n) is 3.91. The Balaban J connectivity index is 0.00000106. The molecule has 0 aromatic carbocycles. The van der Waals surface area contributed by atoms with E-state index >= 15 is 0 Å². The van der Waals surface area contributed by atoms with Crippen molar-refractivity contribution in [2.24, 2.45) is 0 Å². The van der Waals surface area contributed by atoms with E-state index in [1.54, 1.807) is 0 Å². The van der Waals surface area contributed by atoms with E-state index in [1.165, 1.54) is 16.8 Å². The summed E-state index contributed by atoms with van der Waals surface area (Å²) in [6.07, 6.45) is 2.25. The van der Waals surface area contributed by atoms with Gasteiger partial charge >= 0.3 is 0 Å². The normalized spacial score (nSPS) is 19.1. The fourth-order valence-electron chi connectivity index (χ4n) is 2.51. The Kier molecular flexibility index (Phi) is 6.82. The van der Waals surface area contributed by atoms with E-state index in [4.69, 9.17) is 0 Å². The summed E-state index contributed by atoms with van der Waals surface area (Å²) in [7, 11) is 0. The lowest BCUT2D eigenvalue weighted by molar-refractivity contribution is 0.258. The smallest absolute Gasteiger partial charge is 0.0675 e. The summed E-state index contributed by atoms with van der Waals surface area (Å²) in [6, 6.07) is 0.552. The maximum Gasteiger partial charge on any atom is 0.0675 e. The number of rotatable bonds is 2. The van der Waals surface area contributed by atoms with Crippen LogP contribution in [0, 0.1) is 20.8 Å². The van der Waals surface area contributed by atoms with Crippen molar-refractivity contribution in [2.45, 2.75) is 54.5 Å². The molecule has 2 heterocycles. The minimum absolute atomic E-state index is 0.552. The van der Waals surface area contributed by atoms with Crippen molar-refractivity contribution >= 4 is 6.08 Å². The van der Waals surface area contributed by atoms with Gasteiger partial charge in [0.15, 0.2) is 0 Å². The minimum Gasteiger partial charge on any atom is -0.372 e. The van der Waals surface area contributed by atoms with Gasteiger partial charge in [-0.15, -0.1) is 0 Å². The van der Waals surface area contributed by atoms with Crippen molar-refractivity contribution in [1.82, 2.24) is 20.4 Å². The highest BCUT2D eigenvalue weighted by molar-refractivity contribution is 5.58. The van der Waals surface area contributed by atoms with E-state index in [0.29, 0.717) is 6.04 Å². The van der Waals surface area contributed by atoms with Crippen LogP contribution in [0.5, 0.6) is 0 Å². The van der Waals surface area contributed by atoms with Crippen LogP contribution in [0.1, 0.15) is 50.2 Å². The number of piperazine rings is 1. The van der Waals surface area contributed by atoms with Crippen molar-refractivity contribution in [3.8, 4) is 0 Å².